The molecule has 0 radical (unpaired) electrons. The van der Waals surface area contributed by atoms with Crippen LogP contribution < -0.4 is 14.4 Å². The Kier molecular flexibility index (Phi) is 6.91. The molecular weight excluding hydrogens is 419 g/mol. The lowest BCUT2D eigenvalue weighted by Gasteiger charge is -2.24. The van der Waals surface area contributed by atoms with Gasteiger partial charge in [0.1, 0.15) is 18.1 Å². The summed E-state index contributed by atoms with van der Waals surface area (Å²) in [6.45, 7) is 3.70. The van der Waals surface area contributed by atoms with E-state index in [0.717, 1.165) is 22.0 Å². The third-order valence-electron chi connectivity index (χ3n) is 4.54. The summed E-state index contributed by atoms with van der Waals surface area (Å²) < 4.78 is 46.3. The monoisotopic (exact) mass is 442 g/mol. The molecule has 8 heteroatoms. The number of aryl methyl sites for hydroxylation is 1. The number of benzene rings is 3. The first-order chi connectivity index (χ1) is 14.8. The van der Waals surface area contributed by atoms with Crippen LogP contribution >= 0.6 is 0 Å². The van der Waals surface area contributed by atoms with Crippen LogP contribution in [0.5, 0.6) is 5.75 Å². The molecule has 162 valence electrons. The van der Waals surface area contributed by atoms with Crippen LogP contribution in [-0.2, 0) is 14.8 Å². The molecule has 3 rings (SSSR count). The second-order valence-corrected chi connectivity index (χ2v) is 8.62. The third-order valence-corrected chi connectivity index (χ3v) is 6.33. The van der Waals surface area contributed by atoms with Gasteiger partial charge in [-0.3, -0.25) is 9.10 Å². The number of nitrogens with zero attached hydrogens (tertiary/aromatic N) is 1. The maximum absolute atomic E-state index is 13.3. The van der Waals surface area contributed by atoms with Crippen molar-refractivity contribution in [2.75, 3.05) is 22.8 Å². The number of anilines is 2. The summed E-state index contributed by atoms with van der Waals surface area (Å²) in [6.07, 6.45) is 0. The SMILES string of the molecule is CCOc1ccc(N(CC(=O)Nc2ccccc2C)S(=O)(=O)c2ccc(F)cc2)cc1. The number of nitrogens with one attached hydrogen (secondary N) is 1. The molecule has 0 spiro atoms. The van der Waals surface area contributed by atoms with Crippen LogP contribution in [0.4, 0.5) is 15.8 Å². The van der Waals surface area contributed by atoms with Crippen molar-refractivity contribution in [1.82, 2.24) is 0 Å². The van der Waals surface area contributed by atoms with Crippen LogP contribution in [0, 0.1) is 12.7 Å². The fraction of sp³-hybridized carbons (Fsp3) is 0.174. The van der Waals surface area contributed by atoms with Crippen molar-refractivity contribution in [3.05, 3.63) is 84.2 Å². The Bertz CT molecular complexity index is 1150. The summed E-state index contributed by atoms with van der Waals surface area (Å²) in [4.78, 5) is 12.6. The summed E-state index contributed by atoms with van der Waals surface area (Å²) in [7, 11) is -4.13. The smallest absolute Gasteiger partial charge is 0.264 e. The lowest BCUT2D eigenvalue weighted by molar-refractivity contribution is -0.114. The fourth-order valence-electron chi connectivity index (χ4n) is 2.96. The van der Waals surface area contributed by atoms with Gasteiger partial charge in [-0.2, -0.15) is 0 Å². The highest BCUT2D eigenvalue weighted by atomic mass is 32.2. The van der Waals surface area contributed by atoms with Gasteiger partial charge >= 0.3 is 0 Å². The van der Waals surface area contributed by atoms with Crippen molar-refractivity contribution in [2.45, 2.75) is 18.7 Å². The Hall–Kier alpha value is -3.39. The van der Waals surface area contributed by atoms with Crippen molar-refractivity contribution >= 4 is 27.3 Å². The topological polar surface area (TPSA) is 75.7 Å². The van der Waals surface area contributed by atoms with Gasteiger partial charge in [-0.1, -0.05) is 18.2 Å². The molecule has 0 aromatic heterocycles. The van der Waals surface area contributed by atoms with E-state index >= 15 is 0 Å². The Morgan fingerprint density at radius 3 is 2.26 bits per heavy atom. The number of carbonyl (C=O) groups is 1. The minimum absolute atomic E-state index is 0.119. The summed E-state index contributed by atoms with van der Waals surface area (Å²) >= 11 is 0. The van der Waals surface area contributed by atoms with Gasteiger partial charge in [0, 0.05) is 5.69 Å². The average molecular weight is 443 g/mol. The molecule has 0 atom stereocenters. The van der Waals surface area contributed by atoms with E-state index in [-0.39, 0.29) is 10.6 Å². The van der Waals surface area contributed by atoms with Crippen LogP contribution in [-0.4, -0.2) is 27.5 Å². The molecule has 0 fully saturated rings. The van der Waals surface area contributed by atoms with Crippen LogP contribution in [0.1, 0.15) is 12.5 Å². The molecule has 31 heavy (non-hydrogen) atoms. The zero-order valence-corrected chi connectivity index (χ0v) is 18.0. The van der Waals surface area contributed by atoms with Crippen LogP contribution in [0.2, 0.25) is 0 Å². The van der Waals surface area contributed by atoms with Crippen molar-refractivity contribution in [3.8, 4) is 5.75 Å². The molecule has 0 unspecified atom stereocenters. The van der Waals surface area contributed by atoms with Gasteiger partial charge in [-0.15, -0.1) is 0 Å². The van der Waals surface area contributed by atoms with Gasteiger partial charge in [0.05, 0.1) is 17.2 Å². The van der Waals surface area contributed by atoms with Crippen molar-refractivity contribution < 1.29 is 22.3 Å². The van der Waals surface area contributed by atoms with Crippen LogP contribution in [0.3, 0.4) is 0 Å². The van der Waals surface area contributed by atoms with Gasteiger partial charge in [-0.25, -0.2) is 12.8 Å². The Balaban J connectivity index is 1.94. The Labute approximate surface area is 181 Å². The molecule has 3 aromatic carbocycles. The minimum Gasteiger partial charge on any atom is -0.494 e. The molecule has 1 N–H and O–H groups in total. The molecule has 0 saturated heterocycles. The molecule has 0 saturated carbocycles. The summed E-state index contributed by atoms with van der Waals surface area (Å²) in [5.41, 5.74) is 1.73. The molecule has 0 bridgehead atoms. The van der Waals surface area contributed by atoms with Gasteiger partial charge in [0.2, 0.25) is 5.91 Å². The lowest BCUT2D eigenvalue weighted by atomic mass is 10.2. The molecule has 3 aromatic rings. The van der Waals surface area contributed by atoms with Crippen molar-refractivity contribution in [3.63, 3.8) is 0 Å². The van der Waals surface area contributed by atoms with E-state index in [0.29, 0.717) is 18.0 Å². The van der Waals surface area contributed by atoms with Crippen LogP contribution in [0.15, 0.2) is 77.7 Å². The van der Waals surface area contributed by atoms with E-state index in [1.165, 1.54) is 12.1 Å². The summed E-state index contributed by atoms with van der Waals surface area (Å²) in [5.74, 6) is -0.479. The quantitative estimate of drug-likeness (QED) is 0.562. The first kappa shape index (κ1) is 22.3. The number of halogens is 1. The molecule has 0 aliphatic heterocycles. The van der Waals surface area contributed by atoms with Gasteiger partial charge in [0.15, 0.2) is 0 Å². The molecule has 0 heterocycles. The van der Waals surface area contributed by atoms with Gasteiger partial charge < -0.3 is 10.1 Å². The highest BCUT2D eigenvalue weighted by Gasteiger charge is 2.27. The second kappa shape index (κ2) is 9.61. The average Bonchev–Trinajstić information content (AvgIpc) is 2.75. The number of sulfonamides is 1. The van der Waals surface area contributed by atoms with E-state index in [1.807, 2.05) is 26.0 Å². The van der Waals surface area contributed by atoms with E-state index in [1.54, 1.807) is 36.4 Å². The number of carbonyl (C=O) groups excluding carboxylic acids is 1. The number of para-hydroxylation sites is 1. The van der Waals surface area contributed by atoms with Crippen LogP contribution in [0.25, 0.3) is 0 Å². The molecule has 6 nitrogen and oxygen atoms in total. The zero-order chi connectivity index (χ0) is 22.4. The minimum atomic E-state index is -4.13. The highest BCUT2D eigenvalue weighted by molar-refractivity contribution is 7.92. The number of rotatable bonds is 8. The molecule has 0 aliphatic rings. The van der Waals surface area contributed by atoms with E-state index in [2.05, 4.69) is 5.32 Å². The molecule has 1 amide bonds. The molecular formula is C23H23FN2O4S. The predicted molar refractivity (Wildman–Crippen MR) is 118 cm³/mol. The first-order valence-corrected chi connectivity index (χ1v) is 11.1. The van der Waals surface area contributed by atoms with E-state index in [9.17, 15) is 17.6 Å². The zero-order valence-electron chi connectivity index (χ0n) is 17.2. The number of hydrogen-bond donors (Lipinski definition) is 1. The normalized spacial score (nSPS) is 11.1. The number of hydrogen-bond acceptors (Lipinski definition) is 4. The largest absolute Gasteiger partial charge is 0.494 e. The van der Waals surface area contributed by atoms with E-state index < -0.39 is 28.3 Å². The Morgan fingerprint density at radius 2 is 1.65 bits per heavy atom. The maximum Gasteiger partial charge on any atom is 0.264 e. The predicted octanol–water partition coefficient (Wildman–Crippen LogP) is 4.37. The maximum atomic E-state index is 13.3. The summed E-state index contributed by atoms with van der Waals surface area (Å²) in [6, 6.07) is 18.1. The number of amides is 1. The third kappa shape index (κ3) is 5.40. The first-order valence-electron chi connectivity index (χ1n) is 9.68. The van der Waals surface area contributed by atoms with E-state index in [4.69, 9.17) is 4.74 Å². The highest BCUT2D eigenvalue weighted by Crippen LogP contribution is 2.26. The molecule has 0 aliphatic carbocycles. The lowest BCUT2D eigenvalue weighted by Crippen LogP contribution is -2.38. The number of ether oxygens (including phenoxy) is 1. The van der Waals surface area contributed by atoms with Gasteiger partial charge in [-0.05, 0) is 74.0 Å². The standard InChI is InChI=1S/C23H23FN2O4S/c1-3-30-20-12-10-19(11-13-20)26(31(28,29)21-14-8-18(24)9-15-21)16-23(27)25-22-7-5-4-6-17(22)2/h4-15H,3,16H2,1-2H3,(H,25,27). The van der Waals surface area contributed by atoms with Crippen molar-refractivity contribution in [2.24, 2.45) is 0 Å². The van der Waals surface area contributed by atoms with Crippen molar-refractivity contribution in [1.29, 1.82) is 0 Å². The Morgan fingerprint density at radius 1 is 1.00 bits per heavy atom. The van der Waals surface area contributed by atoms with Gasteiger partial charge in [0.25, 0.3) is 10.0 Å². The summed E-state index contributed by atoms with van der Waals surface area (Å²) in [5, 5.41) is 2.75. The second-order valence-electron chi connectivity index (χ2n) is 6.76. The fourth-order valence-corrected chi connectivity index (χ4v) is 4.38.